The molecular weight excluding hydrogens is 889 g/mol. The Labute approximate surface area is 402 Å². The second-order valence-corrected chi connectivity index (χ2v) is 17.4. The summed E-state index contributed by atoms with van der Waals surface area (Å²) < 4.78 is 0. The van der Waals surface area contributed by atoms with Crippen molar-refractivity contribution in [2.45, 2.75) is 121 Å². The fraction of sp³-hybridized carbons (Fsp3) is 0.469. The molecule has 1 heterocycles. The number of aromatic hydroxyl groups is 2. The molecule has 374 valence electrons. The molecule has 3 aromatic carbocycles. The number of benzene rings is 3. The van der Waals surface area contributed by atoms with Gasteiger partial charge in [0.25, 0.3) is 0 Å². The largest absolute Gasteiger partial charge is 0.508 e. The molecule has 1 fully saturated rings. The number of nitrogens with two attached hydrogens (primary N) is 2. The lowest BCUT2D eigenvalue weighted by Gasteiger charge is -2.33. The van der Waals surface area contributed by atoms with E-state index in [1.54, 1.807) is 31.2 Å². The Kier molecular flexibility index (Phi) is 21.6. The van der Waals surface area contributed by atoms with Crippen LogP contribution in [0.4, 0.5) is 4.79 Å². The zero-order valence-corrected chi connectivity index (χ0v) is 39.5. The first-order chi connectivity index (χ1) is 32.9. The van der Waals surface area contributed by atoms with Gasteiger partial charge in [0.1, 0.15) is 47.8 Å². The molecule has 69 heavy (non-hydrogen) atoms. The lowest BCUT2D eigenvalue weighted by atomic mass is 9.96. The van der Waals surface area contributed by atoms with E-state index in [2.05, 4.69) is 36.9 Å². The number of likely N-dealkylation sites (N-methyl/N-ethyl adjacent to an activating group) is 1. The van der Waals surface area contributed by atoms with Crippen molar-refractivity contribution >= 4 is 47.5 Å². The maximum Gasteiger partial charge on any atom is 0.326 e. The van der Waals surface area contributed by atoms with E-state index in [9.17, 15) is 48.9 Å². The van der Waals surface area contributed by atoms with E-state index in [1.165, 1.54) is 36.2 Å². The van der Waals surface area contributed by atoms with Crippen molar-refractivity contribution in [3.05, 3.63) is 95.6 Å². The van der Waals surface area contributed by atoms with E-state index >= 15 is 0 Å². The number of aliphatic carboxylic acids is 1. The summed E-state index contributed by atoms with van der Waals surface area (Å²) in [4.78, 5) is 103. The van der Waals surface area contributed by atoms with Crippen LogP contribution in [0.15, 0.2) is 83.9 Å². The summed E-state index contributed by atoms with van der Waals surface area (Å²) >= 11 is 0. The Balaban J connectivity index is 1.73. The van der Waals surface area contributed by atoms with Crippen molar-refractivity contribution in [1.82, 2.24) is 36.8 Å². The third-order valence-electron chi connectivity index (χ3n) is 12.1. The van der Waals surface area contributed by atoms with Crippen LogP contribution >= 0.6 is 0 Å². The molecule has 3 aromatic rings. The number of amides is 7. The fourth-order valence-electron chi connectivity index (χ4n) is 7.84. The predicted molar refractivity (Wildman–Crippen MR) is 258 cm³/mol. The average Bonchev–Trinajstić information content (AvgIpc) is 3.32. The molecule has 0 aliphatic carbocycles. The molecule has 7 amide bonds. The molecule has 0 bridgehead atoms. The molecule has 1 aliphatic heterocycles. The highest BCUT2D eigenvalue weighted by atomic mass is 16.4. The molecule has 0 spiro atoms. The van der Waals surface area contributed by atoms with E-state index in [0.717, 1.165) is 16.7 Å². The number of hydrogen-bond donors (Lipinski definition) is 11. The minimum Gasteiger partial charge on any atom is -0.508 e. The van der Waals surface area contributed by atoms with Crippen LogP contribution in [-0.2, 0) is 48.0 Å². The van der Waals surface area contributed by atoms with Gasteiger partial charge in [-0.1, -0.05) is 74.9 Å². The summed E-state index contributed by atoms with van der Waals surface area (Å²) in [5.41, 5.74) is 13.0. The SMILES string of the molecule is CCC(C)[C@H]1NC(=O)[C@H](NC(=O)N[C@@H](CCCN=C(N)N)C(=O)O)CCCCNC(=O)[C@@H](Cc2ccccc2)NC(=O)[C@@H](CCc2ccc(O)cc2)N(C)C(=O)[C@@H](CCc2ccc(O)cc2)NC1=O. The van der Waals surface area contributed by atoms with Crippen LogP contribution in [0.5, 0.6) is 11.5 Å². The van der Waals surface area contributed by atoms with Gasteiger partial charge in [-0.3, -0.25) is 29.0 Å². The van der Waals surface area contributed by atoms with Crippen LogP contribution in [0.3, 0.4) is 0 Å². The zero-order valence-electron chi connectivity index (χ0n) is 39.5. The quantitative estimate of drug-likeness (QED) is 0.0524. The number of carbonyl (C=O) groups excluding carboxylic acids is 6. The predicted octanol–water partition coefficient (Wildman–Crippen LogP) is 1.71. The lowest BCUT2D eigenvalue weighted by molar-refractivity contribution is -0.143. The van der Waals surface area contributed by atoms with E-state index in [1.807, 2.05) is 37.3 Å². The monoisotopic (exact) mass is 957 g/mol. The highest BCUT2D eigenvalue weighted by Gasteiger charge is 2.37. The number of guanidine groups is 1. The molecule has 1 unspecified atom stereocenters. The first-order valence-corrected chi connectivity index (χ1v) is 23.4. The molecule has 13 N–H and O–H groups in total. The third-order valence-corrected chi connectivity index (χ3v) is 12.1. The Morgan fingerprint density at radius 3 is 1.99 bits per heavy atom. The minimum atomic E-state index is -1.36. The number of phenolic OH excluding ortho intramolecular Hbond substituents is 2. The summed E-state index contributed by atoms with van der Waals surface area (Å²) in [5, 5.41) is 46.1. The summed E-state index contributed by atoms with van der Waals surface area (Å²) in [6, 6.07) is 13.5. The van der Waals surface area contributed by atoms with Crippen molar-refractivity contribution < 1.29 is 48.9 Å². The minimum absolute atomic E-state index is 0.0115. The molecule has 7 atom stereocenters. The molecule has 4 rings (SSSR count). The number of rotatable bonds is 17. The molecule has 20 nitrogen and oxygen atoms in total. The molecular formula is C49H68N10O10. The van der Waals surface area contributed by atoms with Gasteiger partial charge in [0.05, 0.1) is 0 Å². The van der Waals surface area contributed by atoms with Crippen LogP contribution in [0.25, 0.3) is 0 Å². The van der Waals surface area contributed by atoms with Crippen molar-refractivity contribution in [3.8, 4) is 11.5 Å². The molecule has 1 saturated heterocycles. The molecule has 0 saturated carbocycles. The van der Waals surface area contributed by atoms with E-state index < -0.39 is 83.7 Å². The lowest BCUT2D eigenvalue weighted by Crippen LogP contribution is -2.61. The van der Waals surface area contributed by atoms with Crippen LogP contribution < -0.4 is 43.4 Å². The Morgan fingerprint density at radius 1 is 0.783 bits per heavy atom. The standard InChI is InChI=1S/C49H68N10O10/c1-4-30(2)41-45(65)54-37(25-19-31-15-21-34(60)22-16-31)46(66)59(3)40(26-20-32-17-23-35(61)24-18-32)44(64)55-39(29-33-11-6-5-7-12-33)42(62)52-27-9-8-13-36(43(63)58-41)56-49(69)57-38(47(67)68)14-10-28-53-48(50)51/h5-7,11-12,15-18,21-24,30,36-41,60-61H,4,8-10,13-14,19-20,25-29H2,1-3H3,(H,52,62)(H,54,65)(H,55,64)(H,58,63)(H,67,68)(H4,50,51,53)(H2,56,57,69)/t30?,36-,37-,38+,39-,40-,41-/m1/s1. The van der Waals surface area contributed by atoms with Crippen molar-refractivity contribution in [1.29, 1.82) is 0 Å². The average molecular weight is 957 g/mol. The summed E-state index contributed by atoms with van der Waals surface area (Å²) in [6.07, 6.45) is 1.98. The topological polar surface area (TPSA) is 320 Å². The van der Waals surface area contributed by atoms with Crippen molar-refractivity contribution in [3.63, 3.8) is 0 Å². The van der Waals surface area contributed by atoms with Crippen LogP contribution in [0.2, 0.25) is 0 Å². The van der Waals surface area contributed by atoms with Gasteiger partial charge in [-0.15, -0.1) is 0 Å². The van der Waals surface area contributed by atoms with E-state index in [4.69, 9.17) is 11.5 Å². The number of carboxylic acid groups (broad SMARTS) is 1. The number of aliphatic imine (C=N–C) groups is 1. The maximum absolute atomic E-state index is 14.9. The molecule has 1 aliphatic rings. The summed E-state index contributed by atoms with van der Waals surface area (Å²) in [5.74, 6) is -5.09. The van der Waals surface area contributed by atoms with E-state index in [-0.39, 0.29) is 81.9 Å². The van der Waals surface area contributed by atoms with Gasteiger partial charge in [0.2, 0.25) is 29.5 Å². The van der Waals surface area contributed by atoms with Gasteiger partial charge in [-0.2, -0.15) is 0 Å². The van der Waals surface area contributed by atoms with Gasteiger partial charge >= 0.3 is 12.0 Å². The zero-order chi connectivity index (χ0) is 50.5. The van der Waals surface area contributed by atoms with Gasteiger partial charge in [0, 0.05) is 26.6 Å². The number of carboxylic acids is 1. The van der Waals surface area contributed by atoms with E-state index in [0.29, 0.717) is 19.3 Å². The first-order valence-electron chi connectivity index (χ1n) is 23.4. The molecule has 20 heteroatoms. The highest BCUT2D eigenvalue weighted by Crippen LogP contribution is 2.19. The number of urea groups is 1. The third kappa shape index (κ3) is 18.0. The van der Waals surface area contributed by atoms with Gasteiger partial charge < -0.3 is 63.6 Å². The van der Waals surface area contributed by atoms with Crippen LogP contribution in [-0.4, -0.2) is 124 Å². The summed E-state index contributed by atoms with van der Waals surface area (Å²) in [7, 11) is 1.45. The number of nitrogens with one attached hydrogen (secondary N) is 6. The van der Waals surface area contributed by atoms with Gasteiger partial charge in [-0.05, 0) is 105 Å². The smallest absolute Gasteiger partial charge is 0.326 e. The van der Waals surface area contributed by atoms with Crippen molar-refractivity contribution in [2.24, 2.45) is 22.4 Å². The second kappa shape index (κ2) is 27.4. The molecule has 0 radical (unpaired) electrons. The number of nitrogens with zero attached hydrogens (tertiary/aromatic N) is 2. The molecule has 0 aromatic heterocycles. The Morgan fingerprint density at radius 2 is 1.39 bits per heavy atom. The number of aryl methyl sites for hydroxylation is 2. The first kappa shape index (κ1) is 54.2. The van der Waals surface area contributed by atoms with Crippen LogP contribution in [0.1, 0.15) is 81.9 Å². The van der Waals surface area contributed by atoms with Crippen LogP contribution in [0, 0.1) is 5.92 Å². The van der Waals surface area contributed by atoms with Gasteiger partial charge in [-0.25, -0.2) is 9.59 Å². The highest BCUT2D eigenvalue weighted by molar-refractivity contribution is 5.96. The number of carbonyl (C=O) groups is 7. The number of phenols is 2. The Bertz CT molecular complexity index is 2210. The van der Waals surface area contributed by atoms with Gasteiger partial charge in [0.15, 0.2) is 5.96 Å². The normalized spacial score (nSPS) is 20.8. The Hall–Kier alpha value is -7.38. The second-order valence-electron chi connectivity index (χ2n) is 17.4. The number of hydrogen-bond acceptors (Lipinski definition) is 10. The maximum atomic E-state index is 14.9. The summed E-state index contributed by atoms with van der Waals surface area (Å²) in [6.45, 7) is 3.79. The van der Waals surface area contributed by atoms with Crippen molar-refractivity contribution in [2.75, 3.05) is 20.1 Å². The fourth-order valence-corrected chi connectivity index (χ4v) is 7.84.